The average Bonchev–Trinajstić information content (AvgIpc) is 2.00. The first kappa shape index (κ1) is 11.0. The quantitative estimate of drug-likeness (QED) is 0.733. The van der Waals surface area contributed by atoms with Crippen LogP contribution in [0.4, 0.5) is 0 Å². The molecule has 0 aromatic carbocycles. The van der Waals surface area contributed by atoms with Crippen molar-refractivity contribution in [3.63, 3.8) is 0 Å². The van der Waals surface area contributed by atoms with Gasteiger partial charge in [-0.1, -0.05) is 20.3 Å². The highest BCUT2D eigenvalue weighted by molar-refractivity contribution is 5.81. The van der Waals surface area contributed by atoms with Crippen LogP contribution < -0.4 is 0 Å². The predicted octanol–water partition coefficient (Wildman–Crippen LogP) is 0.966. The van der Waals surface area contributed by atoms with E-state index in [0.717, 1.165) is 6.42 Å². The highest BCUT2D eigenvalue weighted by Crippen LogP contribution is 2.19. The number of amides is 1. The van der Waals surface area contributed by atoms with Gasteiger partial charge in [-0.15, -0.1) is 0 Å². The summed E-state index contributed by atoms with van der Waals surface area (Å²) in [5, 5.41) is 8.62. The van der Waals surface area contributed by atoms with Crippen molar-refractivity contribution in [1.82, 2.24) is 4.90 Å². The molecule has 0 aromatic rings. The molecular formula is C10H17NO3. The van der Waals surface area contributed by atoms with Crippen LogP contribution in [0.5, 0.6) is 0 Å². The van der Waals surface area contributed by atoms with Gasteiger partial charge in [0.25, 0.3) is 0 Å². The number of aliphatic carboxylic acids is 1. The summed E-state index contributed by atoms with van der Waals surface area (Å²) in [6.45, 7) is 4.87. The highest BCUT2D eigenvalue weighted by Gasteiger charge is 2.35. The molecule has 1 heterocycles. The van der Waals surface area contributed by atoms with Gasteiger partial charge in [0.15, 0.2) is 0 Å². The maximum Gasteiger partial charge on any atom is 0.310 e. The predicted molar refractivity (Wildman–Crippen MR) is 51.8 cm³/mol. The van der Waals surface area contributed by atoms with Crippen LogP contribution in [0.1, 0.15) is 26.7 Å². The number of likely N-dealkylation sites (tertiary alicyclic amines) is 1. The van der Waals surface area contributed by atoms with Crippen molar-refractivity contribution < 1.29 is 14.7 Å². The SMILES string of the molecule is CC[C@H](C)CC(=O)N1CC(C(=O)O)C1. The molecule has 1 atom stereocenters. The molecular weight excluding hydrogens is 182 g/mol. The first-order valence-electron chi connectivity index (χ1n) is 5.05. The van der Waals surface area contributed by atoms with E-state index in [2.05, 4.69) is 0 Å². The lowest BCUT2D eigenvalue weighted by atomic mass is 9.97. The fraction of sp³-hybridized carbons (Fsp3) is 0.800. The van der Waals surface area contributed by atoms with E-state index in [1.807, 2.05) is 13.8 Å². The minimum Gasteiger partial charge on any atom is -0.481 e. The van der Waals surface area contributed by atoms with Gasteiger partial charge in [-0.05, 0) is 5.92 Å². The maximum absolute atomic E-state index is 11.5. The van der Waals surface area contributed by atoms with Crippen molar-refractivity contribution in [3.8, 4) is 0 Å². The molecule has 0 aliphatic carbocycles. The van der Waals surface area contributed by atoms with E-state index in [1.165, 1.54) is 0 Å². The number of carboxylic acids is 1. The third-order valence-electron chi connectivity index (χ3n) is 2.80. The van der Waals surface area contributed by atoms with E-state index in [1.54, 1.807) is 4.90 Å². The van der Waals surface area contributed by atoms with Gasteiger partial charge in [0, 0.05) is 19.5 Å². The number of carbonyl (C=O) groups is 2. The largest absolute Gasteiger partial charge is 0.481 e. The minimum absolute atomic E-state index is 0.0943. The Kier molecular flexibility index (Phi) is 3.49. The summed E-state index contributed by atoms with van der Waals surface area (Å²) < 4.78 is 0. The zero-order chi connectivity index (χ0) is 10.7. The molecule has 1 aliphatic heterocycles. The van der Waals surface area contributed by atoms with Crippen LogP contribution in [-0.2, 0) is 9.59 Å². The molecule has 1 rings (SSSR count). The molecule has 4 nitrogen and oxygen atoms in total. The second kappa shape index (κ2) is 4.44. The molecule has 0 radical (unpaired) electrons. The molecule has 14 heavy (non-hydrogen) atoms. The molecule has 0 saturated carbocycles. The van der Waals surface area contributed by atoms with E-state index in [9.17, 15) is 9.59 Å². The van der Waals surface area contributed by atoms with E-state index in [0.29, 0.717) is 25.4 Å². The normalized spacial score (nSPS) is 18.9. The van der Waals surface area contributed by atoms with Crippen molar-refractivity contribution >= 4 is 11.9 Å². The molecule has 1 amide bonds. The Morgan fingerprint density at radius 2 is 2.07 bits per heavy atom. The van der Waals surface area contributed by atoms with E-state index >= 15 is 0 Å². The van der Waals surface area contributed by atoms with Gasteiger partial charge in [-0.3, -0.25) is 9.59 Å². The lowest BCUT2D eigenvalue weighted by Gasteiger charge is -2.37. The second-order valence-electron chi connectivity index (χ2n) is 4.05. The number of hydrogen-bond donors (Lipinski definition) is 1. The standard InChI is InChI=1S/C10H17NO3/c1-3-7(2)4-9(12)11-5-8(6-11)10(13)14/h7-8H,3-6H2,1-2H3,(H,13,14)/t7-/m0/s1. The Labute approximate surface area is 83.9 Å². The third kappa shape index (κ3) is 2.47. The van der Waals surface area contributed by atoms with E-state index < -0.39 is 5.97 Å². The van der Waals surface area contributed by atoms with Gasteiger partial charge in [-0.25, -0.2) is 0 Å². The van der Waals surface area contributed by atoms with Crippen LogP contribution in [-0.4, -0.2) is 35.0 Å². The van der Waals surface area contributed by atoms with Crippen molar-refractivity contribution in [2.45, 2.75) is 26.7 Å². The Morgan fingerprint density at radius 1 is 1.50 bits per heavy atom. The molecule has 0 spiro atoms. The zero-order valence-corrected chi connectivity index (χ0v) is 8.69. The molecule has 1 fully saturated rings. The first-order valence-corrected chi connectivity index (χ1v) is 5.05. The molecule has 0 aromatic heterocycles. The molecule has 1 aliphatic rings. The molecule has 0 bridgehead atoms. The smallest absolute Gasteiger partial charge is 0.310 e. The molecule has 1 N–H and O–H groups in total. The van der Waals surface area contributed by atoms with Crippen LogP contribution >= 0.6 is 0 Å². The van der Waals surface area contributed by atoms with Gasteiger partial charge < -0.3 is 10.0 Å². The fourth-order valence-corrected chi connectivity index (χ4v) is 1.41. The number of carboxylic acid groups (broad SMARTS) is 1. The lowest BCUT2D eigenvalue weighted by molar-refractivity contribution is -0.153. The van der Waals surface area contributed by atoms with Crippen LogP contribution in [0.25, 0.3) is 0 Å². The van der Waals surface area contributed by atoms with Crippen molar-refractivity contribution in [1.29, 1.82) is 0 Å². The van der Waals surface area contributed by atoms with E-state index in [-0.39, 0.29) is 11.8 Å². The van der Waals surface area contributed by atoms with Crippen LogP contribution in [0.15, 0.2) is 0 Å². The second-order valence-corrected chi connectivity index (χ2v) is 4.05. The number of nitrogens with zero attached hydrogens (tertiary/aromatic N) is 1. The van der Waals surface area contributed by atoms with Crippen molar-refractivity contribution in [2.75, 3.05) is 13.1 Å². The summed E-state index contributed by atoms with van der Waals surface area (Å²) in [4.78, 5) is 23.6. The number of carbonyl (C=O) groups excluding carboxylic acids is 1. The van der Waals surface area contributed by atoms with Gasteiger partial charge >= 0.3 is 5.97 Å². The Bertz CT molecular complexity index is 234. The van der Waals surface area contributed by atoms with Crippen molar-refractivity contribution in [3.05, 3.63) is 0 Å². The Hall–Kier alpha value is -1.06. The van der Waals surface area contributed by atoms with E-state index in [4.69, 9.17) is 5.11 Å². The van der Waals surface area contributed by atoms with Gasteiger partial charge in [0.2, 0.25) is 5.91 Å². The Balaban J connectivity index is 2.26. The third-order valence-corrected chi connectivity index (χ3v) is 2.80. The number of hydrogen-bond acceptors (Lipinski definition) is 2. The van der Waals surface area contributed by atoms with Crippen LogP contribution in [0, 0.1) is 11.8 Å². The van der Waals surface area contributed by atoms with Gasteiger partial charge in [-0.2, -0.15) is 0 Å². The maximum atomic E-state index is 11.5. The molecule has 1 saturated heterocycles. The monoisotopic (exact) mass is 199 g/mol. The molecule has 80 valence electrons. The summed E-state index contributed by atoms with van der Waals surface area (Å²) in [7, 11) is 0. The fourth-order valence-electron chi connectivity index (χ4n) is 1.41. The summed E-state index contributed by atoms with van der Waals surface area (Å²) in [6, 6.07) is 0. The Morgan fingerprint density at radius 3 is 2.50 bits per heavy atom. The first-order chi connectivity index (χ1) is 6.54. The topological polar surface area (TPSA) is 57.6 Å². The highest BCUT2D eigenvalue weighted by atomic mass is 16.4. The van der Waals surface area contributed by atoms with Crippen molar-refractivity contribution in [2.24, 2.45) is 11.8 Å². The lowest BCUT2D eigenvalue weighted by Crippen LogP contribution is -2.53. The number of rotatable bonds is 4. The van der Waals surface area contributed by atoms with Crippen LogP contribution in [0.3, 0.4) is 0 Å². The minimum atomic E-state index is -0.794. The average molecular weight is 199 g/mol. The summed E-state index contributed by atoms with van der Waals surface area (Å²) in [5.74, 6) is -0.642. The molecule has 4 heteroatoms. The van der Waals surface area contributed by atoms with Crippen LogP contribution in [0.2, 0.25) is 0 Å². The van der Waals surface area contributed by atoms with Gasteiger partial charge in [0.05, 0.1) is 5.92 Å². The summed E-state index contributed by atoms with van der Waals surface area (Å²) >= 11 is 0. The summed E-state index contributed by atoms with van der Waals surface area (Å²) in [5.41, 5.74) is 0. The molecule has 0 unspecified atom stereocenters. The van der Waals surface area contributed by atoms with Gasteiger partial charge in [0.1, 0.15) is 0 Å². The summed E-state index contributed by atoms with van der Waals surface area (Å²) in [6.07, 6.45) is 1.53. The zero-order valence-electron chi connectivity index (χ0n) is 8.69.